The fourth-order valence-corrected chi connectivity index (χ4v) is 4.64. The van der Waals surface area contributed by atoms with Crippen molar-refractivity contribution in [3.8, 4) is 28.2 Å². The van der Waals surface area contributed by atoms with Crippen LogP contribution in [0.15, 0.2) is 54.7 Å². The van der Waals surface area contributed by atoms with E-state index < -0.39 is 0 Å². The van der Waals surface area contributed by atoms with Crippen LogP contribution in [0.2, 0.25) is 10.0 Å². The number of ether oxygens (including phenoxy) is 1. The largest absolute Gasteiger partial charge is 0.383 e. The Morgan fingerprint density at radius 3 is 2.74 bits per heavy atom. The van der Waals surface area contributed by atoms with E-state index in [9.17, 15) is 0 Å². The quantitative estimate of drug-likeness (QED) is 0.408. The summed E-state index contributed by atoms with van der Waals surface area (Å²) in [4.78, 5) is 6.76. The maximum atomic E-state index is 6.40. The molecule has 174 valence electrons. The molecule has 10 heteroatoms. The lowest BCUT2D eigenvalue weighted by atomic mass is 10.0. The van der Waals surface area contributed by atoms with E-state index in [1.807, 2.05) is 6.07 Å². The normalized spacial score (nSPS) is 16.3. The third-order valence-electron chi connectivity index (χ3n) is 6.04. The van der Waals surface area contributed by atoms with Crippen LogP contribution >= 0.6 is 23.2 Å². The van der Waals surface area contributed by atoms with Gasteiger partial charge in [0.15, 0.2) is 5.82 Å². The van der Waals surface area contributed by atoms with E-state index in [2.05, 4.69) is 49.7 Å². The van der Waals surface area contributed by atoms with Gasteiger partial charge >= 0.3 is 0 Å². The first kappa shape index (κ1) is 22.7. The lowest BCUT2D eigenvalue weighted by Crippen LogP contribution is -2.30. The number of aromatic nitrogens is 5. The summed E-state index contributed by atoms with van der Waals surface area (Å²) in [5.74, 6) is 0.737. The SMILES string of the molecule is CO[C@H]1CCCN1Cc1ccc(-c2cnc(N)c(-c3nnnn3-c3cccc(Cl)c3Cl)c2)cc1. The molecule has 0 bridgehead atoms. The minimum Gasteiger partial charge on any atom is -0.383 e. The summed E-state index contributed by atoms with van der Waals surface area (Å²) in [5, 5.41) is 12.9. The Bertz CT molecular complexity index is 1310. The summed E-state index contributed by atoms with van der Waals surface area (Å²) < 4.78 is 7.09. The Hall–Kier alpha value is -3.04. The van der Waals surface area contributed by atoms with E-state index in [0.29, 0.717) is 32.9 Å². The zero-order chi connectivity index (χ0) is 23.7. The summed E-state index contributed by atoms with van der Waals surface area (Å²) in [6.45, 7) is 1.91. The summed E-state index contributed by atoms with van der Waals surface area (Å²) in [6, 6.07) is 15.6. The fourth-order valence-electron chi connectivity index (χ4n) is 4.27. The van der Waals surface area contributed by atoms with Crippen molar-refractivity contribution >= 4 is 29.0 Å². The van der Waals surface area contributed by atoms with Crippen molar-refractivity contribution in [2.24, 2.45) is 0 Å². The van der Waals surface area contributed by atoms with Crippen LogP contribution in [0.5, 0.6) is 0 Å². The highest BCUT2D eigenvalue weighted by Gasteiger charge is 2.24. The molecule has 0 aliphatic carbocycles. The summed E-state index contributed by atoms with van der Waals surface area (Å²) >= 11 is 12.6. The number of methoxy groups -OCH3 is 1. The molecule has 0 radical (unpaired) electrons. The van der Waals surface area contributed by atoms with Crippen molar-refractivity contribution in [1.29, 1.82) is 0 Å². The van der Waals surface area contributed by atoms with E-state index in [-0.39, 0.29) is 6.23 Å². The maximum absolute atomic E-state index is 6.40. The van der Waals surface area contributed by atoms with Crippen LogP contribution in [0.1, 0.15) is 18.4 Å². The van der Waals surface area contributed by atoms with Gasteiger partial charge in [-0.3, -0.25) is 4.90 Å². The van der Waals surface area contributed by atoms with Gasteiger partial charge in [0.1, 0.15) is 12.0 Å². The molecule has 2 N–H and O–H groups in total. The molecule has 2 aromatic carbocycles. The second-order valence-corrected chi connectivity index (χ2v) is 8.93. The molecule has 0 unspecified atom stereocenters. The number of rotatable bonds is 6. The van der Waals surface area contributed by atoms with Crippen LogP contribution in [0.3, 0.4) is 0 Å². The number of benzene rings is 2. The third kappa shape index (κ3) is 4.37. The van der Waals surface area contributed by atoms with Gasteiger partial charge in [0.25, 0.3) is 0 Å². The van der Waals surface area contributed by atoms with Gasteiger partial charge in [-0.1, -0.05) is 53.5 Å². The highest BCUT2D eigenvalue weighted by molar-refractivity contribution is 6.43. The molecule has 1 aliphatic rings. The first-order valence-electron chi connectivity index (χ1n) is 10.9. The molecule has 8 nitrogen and oxygen atoms in total. The number of hydrogen-bond donors (Lipinski definition) is 1. The predicted molar refractivity (Wildman–Crippen MR) is 133 cm³/mol. The number of likely N-dealkylation sites (tertiary alicyclic amines) is 1. The minimum absolute atomic E-state index is 0.197. The number of anilines is 1. The van der Waals surface area contributed by atoms with Crippen molar-refractivity contribution < 1.29 is 4.74 Å². The van der Waals surface area contributed by atoms with Gasteiger partial charge in [0, 0.05) is 32.0 Å². The number of hydrogen-bond acceptors (Lipinski definition) is 7. The Balaban J connectivity index is 1.45. The standard InChI is InChI=1S/C24H23Cl2N7O/c1-34-21-6-3-11-32(21)14-15-7-9-16(10-8-15)17-12-18(23(27)28-13-17)24-29-30-31-33(24)20-5-2-4-19(25)22(20)26/h2,4-5,7-10,12-13,21H,3,6,11,14H2,1H3,(H2,27,28)/t21-/m0/s1. The highest BCUT2D eigenvalue weighted by atomic mass is 35.5. The summed E-state index contributed by atoms with van der Waals surface area (Å²) in [6.07, 6.45) is 4.18. The molecule has 0 spiro atoms. The molecular weight excluding hydrogens is 473 g/mol. The number of nitrogens with zero attached hydrogens (tertiary/aromatic N) is 6. The predicted octanol–water partition coefficient (Wildman–Crippen LogP) is 4.85. The lowest BCUT2D eigenvalue weighted by Gasteiger charge is -2.23. The van der Waals surface area contributed by atoms with Crippen LogP contribution in [0, 0.1) is 0 Å². The molecule has 5 rings (SSSR count). The summed E-state index contributed by atoms with van der Waals surface area (Å²) in [7, 11) is 1.77. The number of pyridine rings is 1. The Kier molecular flexibility index (Phi) is 6.47. The van der Waals surface area contributed by atoms with Crippen molar-refractivity contribution in [2.45, 2.75) is 25.6 Å². The molecule has 34 heavy (non-hydrogen) atoms. The first-order valence-corrected chi connectivity index (χ1v) is 11.7. The van der Waals surface area contributed by atoms with Crippen LogP contribution in [-0.2, 0) is 11.3 Å². The van der Waals surface area contributed by atoms with Gasteiger partial charge < -0.3 is 10.5 Å². The van der Waals surface area contributed by atoms with Crippen LogP contribution < -0.4 is 5.73 Å². The van der Waals surface area contributed by atoms with E-state index in [4.69, 9.17) is 33.7 Å². The van der Waals surface area contributed by atoms with Crippen LogP contribution in [-0.4, -0.2) is 50.0 Å². The molecule has 1 atom stereocenters. The number of nitrogens with two attached hydrogens (primary N) is 1. The molecule has 4 aromatic rings. The van der Waals surface area contributed by atoms with E-state index in [1.54, 1.807) is 31.5 Å². The maximum Gasteiger partial charge on any atom is 0.190 e. The average molecular weight is 496 g/mol. The number of tetrazole rings is 1. The monoisotopic (exact) mass is 495 g/mol. The van der Waals surface area contributed by atoms with Crippen LogP contribution in [0.4, 0.5) is 5.82 Å². The van der Waals surface area contributed by atoms with Crippen molar-refractivity contribution in [3.63, 3.8) is 0 Å². The van der Waals surface area contributed by atoms with Gasteiger partial charge in [0.05, 0.1) is 21.3 Å². The van der Waals surface area contributed by atoms with Crippen molar-refractivity contribution in [2.75, 3.05) is 19.4 Å². The lowest BCUT2D eigenvalue weighted by molar-refractivity contribution is -0.00814. The van der Waals surface area contributed by atoms with Crippen molar-refractivity contribution in [3.05, 3.63) is 70.3 Å². The van der Waals surface area contributed by atoms with Gasteiger partial charge in [0.2, 0.25) is 0 Å². The number of nitrogen functional groups attached to an aromatic ring is 1. The van der Waals surface area contributed by atoms with Gasteiger partial charge in [-0.25, -0.2) is 4.98 Å². The molecule has 3 heterocycles. The molecule has 0 amide bonds. The van der Waals surface area contributed by atoms with Gasteiger partial charge in [-0.05, 0) is 52.6 Å². The molecule has 2 aromatic heterocycles. The van der Waals surface area contributed by atoms with E-state index >= 15 is 0 Å². The highest BCUT2D eigenvalue weighted by Crippen LogP contribution is 2.33. The van der Waals surface area contributed by atoms with Gasteiger partial charge in [-0.15, -0.1) is 5.10 Å². The molecule has 0 saturated carbocycles. The smallest absolute Gasteiger partial charge is 0.190 e. The molecule has 1 aliphatic heterocycles. The second-order valence-electron chi connectivity index (χ2n) is 8.14. The van der Waals surface area contributed by atoms with E-state index in [0.717, 1.165) is 37.1 Å². The fraction of sp³-hybridized carbons (Fsp3) is 0.250. The molecule has 1 fully saturated rings. The Morgan fingerprint density at radius 2 is 1.94 bits per heavy atom. The van der Waals surface area contributed by atoms with E-state index in [1.165, 1.54) is 10.2 Å². The van der Waals surface area contributed by atoms with Crippen molar-refractivity contribution in [1.82, 2.24) is 30.1 Å². The average Bonchev–Trinajstić information content (AvgIpc) is 3.51. The zero-order valence-electron chi connectivity index (χ0n) is 18.5. The van der Waals surface area contributed by atoms with Crippen LogP contribution in [0.25, 0.3) is 28.2 Å². The Morgan fingerprint density at radius 1 is 1.12 bits per heavy atom. The topological polar surface area (TPSA) is 95.0 Å². The molecule has 1 saturated heterocycles. The minimum atomic E-state index is 0.197. The zero-order valence-corrected chi connectivity index (χ0v) is 20.0. The molecular formula is C24H23Cl2N7O. The van der Waals surface area contributed by atoms with Gasteiger partial charge in [-0.2, -0.15) is 4.68 Å². The third-order valence-corrected chi connectivity index (χ3v) is 6.85. The Labute approximate surface area is 207 Å². The first-order chi connectivity index (χ1) is 16.5. The summed E-state index contributed by atoms with van der Waals surface area (Å²) in [5.41, 5.74) is 10.5. The number of halogens is 2. The second kappa shape index (κ2) is 9.68.